The topological polar surface area (TPSA) is 88.7 Å². The van der Waals surface area contributed by atoms with E-state index in [9.17, 15) is 18.7 Å². The predicted octanol–water partition coefficient (Wildman–Crippen LogP) is 5.42. The molecular weight excluding hydrogens is 512 g/mol. The summed E-state index contributed by atoms with van der Waals surface area (Å²) in [6, 6.07) is 8.40. The molecule has 1 aliphatic heterocycles. The summed E-state index contributed by atoms with van der Waals surface area (Å²) >= 11 is 6.52. The molecule has 1 fully saturated rings. The fraction of sp³-hybridized carbons (Fsp3) is 0.379. The summed E-state index contributed by atoms with van der Waals surface area (Å²) in [7, 11) is 1.60. The molecule has 6 nitrogen and oxygen atoms in total. The fourth-order valence-corrected chi connectivity index (χ4v) is 5.48. The number of likely N-dealkylation sites (tertiary alicyclic amines) is 1. The molecule has 0 radical (unpaired) electrons. The zero-order valence-electron chi connectivity index (χ0n) is 21.1. The van der Waals surface area contributed by atoms with E-state index in [-0.39, 0.29) is 29.9 Å². The number of pyridine rings is 1. The lowest BCUT2D eigenvalue weighted by molar-refractivity contribution is -0.139. The number of methoxy groups -OCH3 is 1. The number of aliphatic carboxylic acids is 1. The van der Waals surface area contributed by atoms with Gasteiger partial charge in [0, 0.05) is 30.6 Å². The highest BCUT2D eigenvalue weighted by atomic mass is 35.5. The largest absolute Gasteiger partial charge is 0.497 e. The molecular formula is C29H30ClF2N3O3. The summed E-state index contributed by atoms with van der Waals surface area (Å²) in [6.07, 6.45) is 3.82. The van der Waals surface area contributed by atoms with Crippen LogP contribution in [0.5, 0.6) is 5.75 Å². The molecule has 3 unspecified atom stereocenters. The summed E-state index contributed by atoms with van der Waals surface area (Å²) in [6.45, 7) is 1.63. The third-order valence-electron chi connectivity index (χ3n) is 7.15. The molecule has 200 valence electrons. The van der Waals surface area contributed by atoms with Crippen LogP contribution in [0.2, 0.25) is 5.02 Å². The van der Waals surface area contributed by atoms with Gasteiger partial charge in [0.2, 0.25) is 0 Å². The smallest absolute Gasteiger partial charge is 0.303 e. The number of carbonyl (C=O) groups is 1. The van der Waals surface area contributed by atoms with E-state index in [0.29, 0.717) is 30.3 Å². The first-order valence-corrected chi connectivity index (χ1v) is 12.9. The maximum atomic E-state index is 13.8. The van der Waals surface area contributed by atoms with Gasteiger partial charge in [-0.05, 0) is 79.6 Å². The van der Waals surface area contributed by atoms with Gasteiger partial charge in [-0.3, -0.25) is 14.7 Å². The number of nitrogens with two attached hydrogens (primary N) is 1. The van der Waals surface area contributed by atoms with Gasteiger partial charge < -0.3 is 15.6 Å². The highest BCUT2D eigenvalue weighted by molar-refractivity contribution is 6.32. The van der Waals surface area contributed by atoms with E-state index in [1.54, 1.807) is 13.3 Å². The number of fused-ring (bicyclic) bond motifs is 1. The molecule has 0 amide bonds. The minimum Gasteiger partial charge on any atom is -0.497 e. The van der Waals surface area contributed by atoms with Crippen LogP contribution in [-0.4, -0.2) is 47.7 Å². The highest BCUT2D eigenvalue weighted by Crippen LogP contribution is 2.36. The van der Waals surface area contributed by atoms with Crippen LogP contribution in [0.1, 0.15) is 42.9 Å². The number of carboxylic acid groups (broad SMARTS) is 1. The van der Waals surface area contributed by atoms with E-state index in [1.165, 1.54) is 0 Å². The number of halogens is 3. The van der Waals surface area contributed by atoms with Gasteiger partial charge >= 0.3 is 5.97 Å². The van der Waals surface area contributed by atoms with Gasteiger partial charge in [-0.1, -0.05) is 23.4 Å². The SMILES string of the molecule is COc1ccc2ncc(Cl)c(C(N)CCC3CCN(CC#Cc4cc(F)ccc4F)CC3CC(=O)O)c2c1. The van der Waals surface area contributed by atoms with Crippen molar-refractivity contribution < 1.29 is 23.4 Å². The van der Waals surface area contributed by atoms with Gasteiger partial charge in [0.25, 0.3) is 0 Å². The van der Waals surface area contributed by atoms with Crippen molar-refractivity contribution in [3.63, 3.8) is 0 Å². The van der Waals surface area contributed by atoms with Gasteiger partial charge in [0.05, 0.1) is 29.8 Å². The predicted molar refractivity (Wildman–Crippen MR) is 143 cm³/mol. The number of nitrogens with zero attached hydrogens (tertiary/aromatic N) is 2. The second-order valence-corrected chi connectivity index (χ2v) is 10.1. The Morgan fingerprint density at radius 2 is 2.11 bits per heavy atom. The Bertz CT molecular complexity index is 1370. The van der Waals surface area contributed by atoms with Gasteiger partial charge in [0.15, 0.2) is 0 Å². The van der Waals surface area contributed by atoms with Crippen molar-refractivity contribution in [3.8, 4) is 17.6 Å². The first-order chi connectivity index (χ1) is 18.2. The summed E-state index contributed by atoms with van der Waals surface area (Å²) in [4.78, 5) is 18.1. The van der Waals surface area contributed by atoms with Gasteiger partial charge in [-0.15, -0.1) is 0 Å². The monoisotopic (exact) mass is 541 g/mol. The number of aromatic nitrogens is 1. The van der Waals surface area contributed by atoms with E-state index in [1.807, 2.05) is 18.2 Å². The molecule has 0 saturated carbocycles. The lowest BCUT2D eigenvalue weighted by atomic mass is 9.79. The Labute approximate surface area is 225 Å². The summed E-state index contributed by atoms with van der Waals surface area (Å²) in [5.41, 5.74) is 8.23. The van der Waals surface area contributed by atoms with E-state index >= 15 is 0 Å². The van der Waals surface area contributed by atoms with E-state index in [2.05, 4.69) is 21.7 Å². The average Bonchev–Trinajstić information content (AvgIpc) is 2.89. The van der Waals surface area contributed by atoms with Crippen molar-refractivity contribution in [1.82, 2.24) is 9.88 Å². The number of ether oxygens (including phenoxy) is 1. The molecule has 0 spiro atoms. The molecule has 1 aromatic heterocycles. The number of rotatable bonds is 8. The van der Waals surface area contributed by atoms with Gasteiger partial charge in [-0.25, -0.2) is 8.78 Å². The molecule has 4 rings (SSSR count). The Morgan fingerprint density at radius 1 is 1.29 bits per heavy atom. The van der Waals surface area contributed by atoms with Crippen LogP contribution in [0.25, 0.3) is 10.9 Å². The van der Waals surface area contributed by atoms with Crippen molar-refractivity contribution in [3.05, 3.63) is 70.4 Å². The fourth-order valence-electron chi connectivity index (χ4n) is 5.18. The molecule has 2 heterocycles. The second kappa shape index (κ2) is 12.5. The van der Waals surface area contributed by atoms with Crippen molar-refractivity contribution in [2.45, 2.75) is 31.7 Å². The van der Waals surface area contributed by atoms with E-state index in [0.717, 1.165) is 54.1 Å². The molecule has 1 aliphatic rings. The van der Waals surface area contributed by atoms with E-state index < -0.39 is 17.6 Å². The molecule has 1 saturated heterocycles. The number of hydrogen-bond donors (Lipinski definition) is 2. The molecule has 3 N–H and O–H groups in total. The first-order valence-electron chi connectivity index (χ1n) is 12.5. The summed E-state index contributed by atoms with van der Waals surface area (Å²) < 4.78 is 32.6. The molecule has 3 aromatic rings. The van der Waals surface area contributed by atoms with Crippen LogP contribution < -0.4 is 10.5 Å². The normalized spacial score (nSPS) is 18.6. The Kier molecular flexibility index (Phi) is 9.16. The standard InChI is InChI=1S/C29H30ClF2N3O3/c1-38-22-6-9-27-23(15-22)29(24(30)16-34-27)26(33)8-4-18-10-12-35(17-20(18)14-28(36)37)11-2-3-19-13-21(31)5-7-25(19)32/h5-7,9,13,15-16,18,20,26H,4,8,10-12,14,17,33H2,1H3,(H,36,37). The minimum atomic E-state index is -0.852. The zero-order chi connectivity index (χ0) is 27.2. The molecule has 38 heavy (non-hydrogen) atoms. The Hall–Kier alpha value is -3.25. The Balaban J connectivity index is 1.42. The van der Waals surface area contributed by atoms with Crippen LogP contribution in [-0.2, 0) is 4.79 Å². The van der Waals surface area contributed by atoms with Gasteiger partial charge in [0.1, 0.15) is 17.4 Å². The van der Waals surface area contributed by atoms with Crippen LogP contribution in [0.4, 0.5) is 8.78 Å². The van der Waals surface area contributed by atoms with Crippen molar-refractivity contribution in [2.24, 2.45) is 17.6 Å². The molecule has 9 heteroatoms. The van der Waals surface area contributed by atoms with Crippen molar-refractivity contribution in [1.29, 1.82) is 0 Å². The van der Waals surface area contributed by atoms with Crippen molar-refractivity contribution in [2.75, 3.05) is 26.7 Å². The number of hydrogen-bond acceptors (Lipinski definition) is 5. The lowest BCUT2D eigenvalue weighted by Crippen LogP contribution is -2.41. The summed E-state index contributed by atoms with van der Waals surface area (Å²) in [5.74, 6) is 4.40. The third-order valence-corrected chi connectivity index (χ3v) is 7.46. The van der Waals surface area contributed by atoms with Crippen molar-refractivity contribution >= 4 is 28.5 Å². The summed E-state index contributed by atoms with van der Waals surface area (Å²) in [5, 5.41) is 10.9. The second-order valence-electron chi connectivity index (χ2n) is 9.65. The zero-order valence-corrected chi connectivity index (χ0v) is 21.8. The molecule has 0 bridgehead atoms. The lowest BCUT2D eigenvalue weighted by Gasteiger charge is -2.37. The van der Waals surface area contributed by atoms with Crippen LogP contribution >= 0.6 is 11.6 Å². The molecule has 2 aromatic carbocycles. The highest BCUT2D eigenvalue weighted by Gasteiger charge is 2.31. The van der Waals surface area contributed by atoms with Gasteiger partial charge in [-0.2, -0.15) is 0 Å². The average molecular weight is 542 g/mol. The number of benzene rings is 2. The third kappa shape index (κ3) is 6.79. The maximum absolute atomic E-state index is 13.8. The van der Waals surface area contributed by atoms with Crippen LogP contribution in [0.15, 0.2) is 42.6 Å². The van der Waals surface area contributed by atoms with E-state index in [4.69, 9.17) is 22.1 Å². The van der Waals surface area contributed by atoms with Crippen LogP contribution in [0.3, 0.4) is 0 Å². The number of piperidine rings is 1. The molecule has 3 atom stereocenters. The van der Waals surface area contributed by atoms with Crippen LogP contribution in [0, 0.1) is 35.3 Å². The number of carboxylic acids is 1. The minimum absolute atomic E-state index is 0.0101. The Morgan fingerprint density at radius 3 is 2.87 bits per heavy atom. The molecule has 0 aliphatic carbocycles. The maximum Gasteiger partial charge on any atom is 0.303 e. The first kappa shape index (κ1) is 27.8. The quantitative estimate of drug-likeness (QED) is 0.370.